The lowest BCUT2D eigenvalue weighted by atomic mass is 9.94. The molecule has 0 saturated heterocycles. The third-order valence-corrected chi connectivity index (χ3v) is 7.22. The highest BCUT2D eigenvalue weighted by molar-refractivity contribution is 7.09. The van der Waals surface area contributed by atoms with Crippen molar-refractivity contribution in [2.24, 2.45) is 5.73 Å². The zero-order valence-corrected chi connectivity index (χ0v) is 21.1. The summed E-state index contributed by atoms with van der Waals surface area (Å²) in [6.07, 6.45) is 4.78. The van der Waals surface area contributed by atoms with Crippen LogP contribution < -0.4 is 26.4 Å². The predicted octanol–water partition coefficient (Wildman–Crippen LogP) is 3.81. The van der Waals surface area contributed by atoms with Gasteiger partial charge in [-0.15, -0.1) is 0 Å². The maximum absolute atomic E-state index is 14.0. The fourth-order valence-corrected chi connectivity index (χ4v) is 5.20. The molecule has 1 heterocycles. The number of ether oxygens (including phenoxy) is 1. The lowest BCUT2D eigenvalue weighted by Crippen LogP contribution is -2.47. The molecule has 5 N–H and O–H groups in total. The number of primary amides is 1. The molecule has 194 valence electrons. The van der Waals surface area contributed by atoms with Crippen molar-refractivity contribution in [3.8, 4) is 5.75 Å². The number of nitrogens with two attached hydrogens (primary N) is 2. The highest BCUT2D eigenvalue weighted by Gasteiger charge is 2.37. The average Bonchev–Trinajstić information content (AvgIpc) is 3.29. The van der Waals surface area contributed by atoms with E-state index in [4.69, 9.17) is 16.2 Å². The monoisotopic (exact) mass is 525 g/mol. The minimum atomic E-state index is -1.16. The number of methoxy groups -OCH3 is 1. The number of benzene rings is 2. The molecule has 9 nitrogen and oxygen atoms in total. The Morgan fingerprint density at radius 1 is 1.08 bits per heavy atom. The topological polar surface area (TPSA) is 141 Å². The van der Waals surface area contributed by atoms with Crippen LogP contribution in [0, 0.1) is 5.82 Å². The summed E-state index contributed by atoms with van der Waals surface area (Å²) in [7, 11) is 1.51. The normalized spacial score (nSPS) is 14.5. The van der Waals surface area contributed by atoms with Crippen LogP contribution in [0.25, 0.3) is 0 Å². The van der Waals surface area contributed by atoms with Gasteiger partial charge >= 0.3 is 0 Å². The summed E-state index contributed by atoms with van der Waals surface area (Å²) in [6, 6.07) is 10.8. The third kappa shape index (κ3) is 5.72. The smallest absolute Gasteiger partial charge is 0.273 e. The van der Waals surface area contributed by atoms with Crippen molar-refractivity contribution >= 4 is 40.6 Å². The van der Waals surface area contributed by atoms with Gasteiger partial charge < -0.3 is 21.5 Å². The summed E-state index contributed by atoms with van der Waals surface area (Å²) >= 11 is 0.722. The molecule has 1 saturated carbocycles. The number of aromatic nitrogens is 1. The van der Waals surface area contributed by atoms with E-state index in [0.717, 1.165) is 43.6 Å². The van der Waals surface area contributed by atoms with Gasteiger partial charge in [0.2, 0.25) is 5.91 Å². The number of amides is 3. The lowest BCUT2D eigenvalue weighted by Gasteiger charge is -2.33. The number of nitrogens with zero attached hydrogens (tertiary/aromatic N) is 2. The molecule has 3 amide bonds. The lowest BCUT2D eigenvalue weighted by molar-refractivity contribution is -0.123. The Morgan fingerprint density at radius 3 is 2.30 bits per heavy atom. The van der Waals surface area contributed by atoms with Crippen LogP contribution in [0.4, 0.5) is 15.8 Å². The fourth-order valence-electron chi connectivity index (χ4n) is 4.45. The second-order valence-corrected chi connectivity index (χ2v) is 9.58. The van der Waals surface area contributed by atoms with Crippen LogP contribution in [-0.4, -0.2) is 35.2 Å². The number of hydrogen-bond donors (Lipinski definition) is 3. The zero-order chi connectivity index (χ0) is 26.5. The largest absolute Gasteiger partial charge is 0.497 e. The van der Waals surface area contributed by atoms with E-state index in [-0.39, 0.29) is 22.3 Å². The Hall–Kier alpha value is -3.99. The van der Waals surface area contributed by atoms with Gasteiger partial charge in [-0.25, -0.2) is 4.39 Å². The first kappa shape index (κ1) is 26.1. The number of nitrogens with one attached hydrogen (secondary N) is 1. The molecule has 1 aliphatic carbocycles. The van der Waals surface area contributed by atoms with Crippen molar-refractivity contribution in [3.05, 3.63) is 70.5 Å². The molecule has 11 heteroatoms. The summed E-state index contributed by atoms with van der Waals surface area (Å²) in [6.45, 7) is 0. The van der Waals surface area contributed by atoms with Crippen LogP contribution in [0.15, 0.2) is 48.5 Å². The van der Waals surface area contributed by atoms with Crippen molar-refractivity contribution in [1.29, 1.82) is 0 Å². The number of anilines is 2. The van der Waals surface area contributed by atoms with E-state index in [1.165, 1.54) is 36.3 Å². The van der Waals surface area contributed by atoms with Crippen LogP contribution >= 0.6 is 11.5 Å². The zero-order valence-electron chi connectivity index (χ0n) is 20.3. The number of rotatable bonds is 8. The highest BCUT2D eigenvalue weighted by atomic mass is 32.1. The van der Waals surface area contributed by atoms with Crippen LogP contribution in [0.1, 0.15) is 63.9 Å². The van der Waals surface area contributed by atoms with Gasteiger partial charge in [0.05, 0.1) is 12.8 Å². The molecule has 3 aromatic rings. The standard InChI is InChI=1S/C26H28FN5O4S/c1-36-19-13-11-18(12-14-19)32(26(35)23-20(28)21(24(29)33)31-37-23)22(15-7-9-16(27)10-8-15)25(34)30-17-5-3-2-4-6-17/h7-14,17,22H,2-6,28H2,1H3,(H2,29,33)(H,30,34). The molecule has 2 aromatic carbocycles. The van der Waals surface area contributed by atoms with Crippen molar-refractivity contribution < 1.29 is 23.5 Å². The maximum Gasteiger partial charge on any atom is 0.273 e. The number of carbonyl (C=O) groups is 3. The minimum absolute atomic E-state index is 0.0352. The van der Waals surface area contributed by atoms with Crippen molar-refractivity contribution in [1.82, 2.24) is 9.69 Å². The van der Waals surface area contributed by atoms with E-state index in [1.54, 1.807) is 24.3 Å². The van der Waals surface area contributed by atoms with E-state index < -0.39 is 29.6 Å². The summed E-state index contributed by atoms with van der Waals surface area (Å²) < 4.78 is 23.0. The first-order valence-electron chi connectivity index (χ1n) is 11.9. The fraction of sp³-hybridized carbons (Fsp3) is 0.308. The second kappa shape index (κ2) is 11.4. The van der Waals surface area contributed by atoms with Gasteiger partial charge in [0.25, 0.3) is 11.8 Å². The van der Waals surface area contributed by atoms with E-state index in [1.807, 2.05) is 0 Å². The summed E-state index contributed by atoms with van der Waals surface area (Å²) in [5, 5.41) is 3.08. The summed E-state index contributed by atoms with van der Waals surface area (Å²) in [5.41, 5.74) is 11.8. The van der Waals surface area contributed by atoms with Crippen molar-refractivity contribution in [2.45, 2.75) is 44.2 Å². The molecule has 1 fully saturated rings. The molecule has 37 heavy (non-hydrogen) atoms. The highest BCUT2D eigenvalue weighted by Crippen LogP contribution is 2.34. The predicted molar refractivity (Wildman–Crippen MR) is 139 cm³/mol. The molecule has 1 aliphatic rings. The van der Waals surface area contributed by atoms with Crippen LogP contribution in [0.5, 0.6) is 5.75 Å². The van der Waals surface area contributed by atoms with Gasteiger partial charge in [0, 0.05) is 11.7 Å². The summed E-state index contributed by atoms with van der Waals surface area (Å²) in [4.78, 5) is 40.8. The van der Waals surface area contributed by atoms with Gasteiger partial charge in [-0.1, -0.05) is 31.4 Å². The van der Waals surface area contributed by atoms with Crippen molar-refractivity contribution in [3.63, 3.8) is 0 Å². The number of halogens is 1. The Balaban J connectivity index is 1.83. The molecule has 1 atom stereocenters. The van der Waals surface area contributed by atoms with E-state index in [9.17, 15) is 18.8 Å². The molecule has 0 radical (unpaired) electrons. The molecule has 1 aromatic heterocycles. The first-order chi connectivity index (χ1) is 17.8. The molecule has 1 unspecified atom stereocenters. The van der Waals surface area contributed by atoms with E-state index >= 15 is 0 Å². The maximum atomic E-state index is 14.0. The number of nitrogen functional groups attached to an aromatic ring is 1. The molecule has 0 aliphatic heterocycles. The Labute approximate surface area is 217 Å². The van der Waals surface area contributed by atoms with Gasteiger partial charge in [0.15, 0.2) is 5.69 Å². The first-order valence-corrected chi connectivity index (χ1v) is 12.7. The van der Waals surface area contributed by atoms with Crippen LogP contribution in [-0.2, 0) is 4.79 Å². The van der Waals surface area contributed by atoms with Crippen LogP contribution in [0.3, 0.4) is 0 Å². The van der Waals surface area contributed by atoms with Gasteiger partial charge in [0.1, 0.15) is 22.5 Å². The molecular formula is C26H28FN5O4S. The Morgan fingerprint density at radius 2 is 1.73 bits per heavy atom. The number of hydrogen-bond acceptors (Lipinski definition) is 7. The van der Waals surface area contributed by atoms with Gasteiger partial charge in [-0.05, 0) is 66.3 Å². The minimum Gasteiger partial charge on any atom is -0.497 e. The van der Waals surface area contributed by atoms with Crippen LogP contribution in [0.2, 0.25) is 0 Å². The van der Waals surface area contributed by atoms with E-state index in [2.05, 4.69) is 9.69 Å². The molecular weight excluding hydrogens is 497 g/mol. The average molecular weight is 526 g/mol. The summed E-state index contributed by atoms with van der Waals surface area (Å²) in [5.74, 6) is -1.86. The second-order valence-electron chi connectivity index (χ2n) is 8.81. The van der Waals surface area contributed by atoms with Crippen molar-refractivity contribution in [2.75, 3.05) is 17.7 Å². The SMILES string of the molecule is COc1ccc(N(C(=O)c2snc(C(N)=O)c2N)C(C(=O)NC2CCCCC2)c2ccc(F)cc2)cc1. The Kier molecular flexibility index (Phi) is 8.02. The Bertz CT molecular complexity index is 1270. The molecule has 0 bridgehead atoms. The third-order valence-electron chi connectivity index (χ3n) is 6.37. The molecule has 0 spiro atoms. The number of carbonyl (C=O) groups excluding carboxylic acids is 3. The van der Waals surface area contributed by atoms with Gasteiger partial charge in [-0.3, -0.25) is 19.3 Å². The quantitative estimate of drug-likeness (QED) is 0.408. The van der Waals surface area contributed by atoms with E-state index in [0.29, 0.717) is 17.0 Å². The van der Waals surface area contributed by atoms with Gasteiger partial charge in [-0.2, -0.15) is 4.37 Å². The molecule has 4 rings (SSSR count).